The highest BCUT2D eigenvalue weighted by Gasteiger charge is 2.19. The molecule has 2 unspecified atom stereocenters. The van der Waals surface area contributed by atoms with Crippen molar-refractivity contribution in [1.82, 2.24) is 0 Å². The molecule has 0 aliphatic rings. The molecule has 0 heterocycles. The Hall–Kier alpha value is -1.77. The summed E-state index contributed by atoms with van der Waals surface area (Å²) >= 11 is 0. The first kappa shape index (κ1) is 12.3. The Morgan fingerprint density at radius 3 is 2.62 bits per heavy atom. The summed E-state index contributed by atoms with van der Waals surface area (Å²) in [5.74, 6) is -1.19. The van der Waals surface area contributed by atoms with Crippen LogP contribution in [0.1, 0.15) is 28.9 Å². The lowest BCUT2D eigenvalue weighted by Crippen LogP contribution is -2.16. The Kier molecular flexibility index (Phi) is 3.72. The fourth-order valence-corrected chi connectivity index (χ4v) is 1.25. The van der Waals surface area contributed by atoms with Crippen LogP contribution in [-0.4, -0.2) is 22.1 Å². The molecule has 0 amide bonds. The van der Waals surface area contributed by atoms with E-state index in [0.29, 0.717) is 0 Å². The number of carbonyl (C=O) groups excluding carboxylic acids is 1. The van der Waals surface area contributed by atoms with Crippen molar-refractivity contribution in [3.8, 4) is 6.07 Å². The Morgan fingerprint density at radius 2 is 2.12 bits per heavy atom. The third-order valence-corrected chi connectivity index (χ3v) is 2.14. The minimum atomic E-state index is -1.61. The van der Waals surface area contributed by atoms with Gasteiger partial charge in [0.1, 0.15) is 11.9 Å². The van der Waals surface area contributed by atoms with Crippen molar-refractivity contribution >= 4 is 5.78 Å². The van der Waals surface area contributed by atoms with Crippen molar-refractivity contribution in [1.29, 1.82) is 5.26 Å². The van der Waals surface area contributed by atoms with Crippen LogP contribution in [-0.2, 0) is 0 Å². The molecule has 0 saturated carbocycles. The van der Waals surface area contributed by atoms with Crippen molar-refractivity contribution in [3.05, 3.63) is 35.1 Å². The van der Waals surface area contributed by atoms with Crippen molar-refractivity contribution in [2.75, 3.05) is 0 Å². The van der Waals surface area contributed by atoms with Crippen LogP contribution in [0.4, 0.5) is 4.39 Å². The number of nitriles is 1. The van der Waals surface area contributed by atoms with Crippen LogP contribution in [0.3, 0.4) is 0 Å². The number of aliphatic hydroxyl groups is 2. The molecule has 0 saturated heterocycles. The molecule has 0 aromatic heterocycles. The lowest BCUT2D eigenvalue weighted by Gasteiger charge is -2.12. The van der Waals surface area contributed by atoms with Gasteiger partial charge in [-0.1, -0.05) is 6.07 Å². The molecule has 0 bridgehead atoms. The third kappa shape index (κ3) is 2.42. The van der Waals surface area contributed by atoms with Crippen LogP contribution in [0.15, 0.2) is 18.2 Å². The zero-order valence-corrected chi connectivity index (χ0v) is 8.51. The summed E-state index contributed by atoms with van der Waals surface area (Å²) in [6.45, 7) is 1.19. The number of Topliss-reactive ketones (excluding diaryl/α,β-unsaturated/α-hetero) is 1. The van der Waals surface area contributed by atoms with Crippen LogP contribution < -0.4 is 0 Å². The average molecular weight is 223 g/mol. The summed E-state index contributed by atoms with van der Waals surface area (Å²) in [6, 6.07) is 4.81. The van der Waals surface area contributed by atoms with Crippen LogP contribution >= 0.6 is 0 Å². The van der Waals surface area contributed by atoms with Gasteiger partial charge >= 0.3 is 0 Å². The lowest BCUT2D eigenvalue weighted by molar-refractivity contribution is 0.0527. The molecule has 16 heavy (non-hydrogen) atoms. The van der Waals surface area contributed by atoms with Gasteiger partial charge in [-0.2, -0.15) is 5.26 Å². The molecule has 1 rings (SSSR count). The summed E-state index contributed by atoms with van der Waals surface area (Å²) in [7, 11) is 0. The van der Waals surface area contributed by atoms with E-state index in [1.54, 1.807) is 0 Å². The van der Waals surface area contributed by atoms with E-state index in [-0.39, 0.29) is 11.1 Å². The van der Waals surface area contributed by atoms with Gasteiger partial charge in [0.05, 0.1) is 11.6 Å². The number of halogens is 1. The number of rotatable bonds is 3. The number of hydrogen-bond donors (Lipinski definition) is 2. The fourth-order valence-electron chi connectivity index (χ4n) is 1.25. The molecule has 0 aliphatic heterocycles. The van der Waals surface area contributed by atoms with Crippen molar-refractivity contribution < 1.29 is 19.4 Å². The smallest absolute Gasteiger partial charge is 0.170 e. The minimum Gasteiger partial charge on any atom is -0.385 e. The number of carbonyl (C=O) groups is 1. The highest BCUT2D eigenvalue weighted by molar-refractivity contribution is 5.94. The van der Waals surface area contributed by atoms with E-state index in [9.17, 15) is 14.3 Å². The van der Waals surface area contributed by atoms with Gasteiger partial charge in [0.15, 0.2) is 11.9 Å². The monoisotopic (exact) mass is 223 g/mol. The first-order chi connectivity index (χ1) is 7.47. The predicted octanol–water partition coefficient (Wildman–Crippen LogP) is 0.946. The number of nitrogens with zero attached hydrogens (tertiary/aromatic N) is 1. The Labute approximate surface area is 91.6 Å². The second-order valence-electron chi connectivity index (χ2n) is 3.31. The van der Waals surface area contributed by atoms with E-state index >= 15 is 0 Å². The molecule has 2 atom stereocenters. The molecular weight excluding hydrogens is 213 g/mol. The highest BCUT2D eigenvalue weighted by atomic mass is 19.1. The van der Waals surface area contributed by atoms with Crippen LogP contribution in [0.2, 0.25) is 0 Å². The molecule has 2 N–H and O–H groups in total. The van der Waals surface area contributed by atoms with Crippen LogP contribution in [0, 0.1) is 17.1 Å². The number of aliphatic hydroxyl groups excluding tert-OH is 2. The standard InChI is InChI=1S/C11H10FNO3/c1-6(14)8-4-7(2-3-9(8)12)11(16)10(15)5-13/h2-4,10-11,15-16H,1H3. The van der Waals surface area contributed by atoms with Gasteiger partial charge < -0.3 is 10.2 Å². The van der Waals surface area contributed by atoms with Crippen molar-refractivity contribution in [3.63, 3.8) is 0 Å². The van der Waals surface area contributed by atoms with E-state index in [1.165, 1.54) is 19.1 Å². The molecule has 0 fully saturated rings. The van der Waals surface area contributed by atoms with Gasteiger partial charge in [0.2, 0.25) is 0 Å². The normalized spacial score (nSPS) is 13.9. The maximum absolute atomic E-state index is 13.1. The number of benzene rings is 1. The predicted molar refractivity (Wildman–Crippen MR) is 53.0 cm³/mol. The molecule has 0 aliphatic carbocycles. The van der Waals surface area contributed by atoms with E-state index in [0.717, 1.165) is 12.1 Å². The maximum atomic E-state index is 13.1. The largest absolute Gasteiger partial charge is 0.385 e. The fraction of sp³-hybridized carbons (Fsp3) is 0.273. The molecule has 4 nitrogen and oxygen atoms in total. The Bertz CT molecular complexity index is 453. The van der Waals surface area contributed by atoms with Crippen molar-refractivity contribution in [2.45, 2.75) is 19.1 Å². The van der Waals surface area contributed by atoms with Gasteiger partial charge in [0.25, 0.3) is 0 Å². The van der Waals surface area contributed by atoms with Gasteiger partial charge in [-0.15, -0.1) is 0 Å². The third-order valence-electron chi connectivity index (χ3n) is 2.14. The van der Waals surface area contributed by atoms with Gasteiger partial charge in [-0.3, -0.25) is 4.79 Å². The summed E-state index contributed by atoms with van der Waals surface area (Å²) < 4.78 is 13.1. The van der Waals surface area contributed by atoms with E-state index in [1.807, 2.05) is 0 Å². The molecule has 5 heteroatoms. The van der Waals surface area contributed by atoms with Gasteiger partial charge in [-0.25, -0.2) is 4.39 Å². The first-order valence-corrected chi connectivity index (χ1v) is 4.53. The number of ketones is 1. The molecule has 84 valence electrons. The maximum Gasteiger partial charge on any atom is 0.170 e. The highest BCUT2D eigenvalue weighted by Crippen LogP contribution is 2.20. The van der Waals surface area contributed by atoms with Gasteiger partial charge in [-0.05, 0) is 24.6 Å². The summed E-state index contributed by atoms with van der Waals surface area (Å²) in [5.41, 5.74) is -0.0534. The average Bonchev–Trinajstić information content (AvgIpc) is 2.27. The molecular formula is C11H10FNO3. The van der Waals surface area contributed by atoms with Gasteiger partial charge in [0, 0.05) is 0 Å². The zero-order chi connectivity index (χ0) is 12.3. The Balaban J connectivity index is 3.13. The zero-order valence-electron chi connectivity index (χ0n) is 8.51. The van der Waals surface area contributed by atoms with E-state index in [4.69, 9.17) is 10.4 Å². The quantitative estimate of drug-likeness (QED) is 0.590. The van der Waals surface area contributed by atoms with Crippen molar-refractivity contribution in [2.24, 2.45) is 0 Å². The first-order valence-electron chi connectivity index (χ1n) is 4.53. The summed E-state index contributed by atoms with van der Waals surface area (Å²) in [5, 5.41) is 27.0. The molecule has 1 aromatic rings. The minimum absolute atomic E-state index is 0.126. The SMILES string of the molecule is CC(=O)c1cc(C(O)C(O)C#N)ccc1F. The molecule has 0 spiro atoms. The second-order valence-corrected chi connectivity index (χ2v) is 3.31. The second kappa shape index (κ2) is 4.84. The molecule has 1 aromatic carbocycles. The number of hydrogen-bond acceptors (Lipinski definition) is 4. The van der Waals surface area contributed by atoms with E-state index < -0.39 is 23.8 Å². The lowest BCUT2D eigenvalue weighted by atomic mass is 10.0. The van der Waals surface area contributed by atoms with Crippen LogP contribution in [0.25, 0.3) is 0 Å². The van der Waals surface area contributed by atoms with Crippen LogP contribution in [0.5, 0.6) is 0 Å². The topological polar surface area (TPSA) is 81.3 Å². The summed E-state index contributed by atoms with van der Waals surface area (Å²) in [6.07, 6.45) is -3.06. The summed E-state index contributed by atoms with van der Waals surface area (Å²) in [4.78, 5) is 11.0. The molecule has 0 radical (unpaired) electrons. The van der Waals surface area contributed by atoms with E-state index in [2.05, 4.69) is 0 Å². The Morgan fingerprint density at radius 1 is 1.50 bits per heavy atom.